The molecule has 0 radical (unpaired) electrons. The van der Waals surface area contributed by atoms with Crippen LogP contribution in [0.5, 0.6) is 0 Å². The van der Waals surface area contributed by atoms with Crippen molar-refractivity contribution < 1.29 is 19.4 Å². The Balaban J connectivity index is 2.38. The summed E-state index contributed by atoms with van der Waals surface area (Å²) in [6, 6.07) is 4.82. The number of esters is 1. The summed E-state index contributed by atoms with van der Waals surface area (Å²) in [6.07, 6.45) is 1.80. The summed E-state index contributed by atoms with van der Waals surface area (Å²) < 4.78 is 4.95. The van der Waals surface area contributed by atoms with Gasteiger partial charge in [0.1, 0.15) is 6.04 Å². The number of likely N-dealkylation sites (tertiary alicyclic amines) is 1. The fourth-order valence-corrected chi connectivity index (χ4v) is 3.46. The number of carbonyl (C=O) groups excluding carboxylic acids is 1. The first-order valence-corrected chi connectivity index (χ1v) is 8.42. The van der Waals surface area contributed by atoms with Crippen LogP contribution in [0, 0.1) is 6.92 Å². The maximum absolute atomic E-state index is 12.4. The molecule has 2 unspecified atom stereocenters. The van der Waals surface area contributed by atoms with E-state index in [4.69, 9.17) is 21.4 Å². The van der Waals surface area contributed by atoms with Gasteiger partial charge in [-0.25, -0.2) is 9.59 Å². The molecule has 2 rings (SSSR count). The molecule has 1 fully saturated rings. The standard InChI is InChI=1S/C17H20ClNO4S/c1-10-3-4-12(13(18)7-10)16(17(22)23-2)19-6-5-14(24)11(9-19)8-15(20)21/h3-4,7-8,14,16,24H,5-6,9H2,1-2H3,(H,20,21)/b11-8-. The molecule has 1 aliphatic heterocycles. The van der Waals surface area contributed by atoms with Crippen molar-refractivity contribution in [1.82, 2.24) is 4.90 Å². The highest BCUT2D eigenvalue weighted by Gasteiger charge is 2.34. The second-order valence-electron chi connectivity index (χ2n) is 5.78. The summed E-state index contributed by atoms with van der Waals surface area (Å²) in [6.45, 7) is 2.84. The Labute approximate surface area is 151 Å². The maximum Gasteiger partial charge on any atom is 0.328 e. The van der Waals surface area contributed by atoms with Crippen LogP contribution < -0.4 is 0 Å². The maximum atomic E-state index is 12.4. The highest BCUT2D eigenvalue weighted by Crippen LogP contribution is 2.33. The summed E-state index contributed by atoms with van der Waals surface area (Å²) >= 11 is 10.8. The van der Waals surface area contributed by atoms with E-state index in [0.717, 1.165) is 11.6 Å². The Morgan fingerprint density at radius 3 is 2.79 bits per heavy atom. The quantitative estimate of drug-likeness (QED) is 0.485. The first-order valence-electron chi connectivity index (χ1n) is 7.53. The van der Waals surface area contributed by atoms with Crippen LogP contribution in [0.25, 0.3) is 0 Å². The Morgan fingerprint density at radius 2 is 2.21 bits per heavy atom. The second-order valence-corrected chi connectivity index (χ2v) is 6.81. The molecule has 24 heavy (non-hydrogen) atoms. The van der Waals surface area contributed by atoms with Crippen molar-refractivity contribution in [2.45, 2.75) is 24.6 Å². The van der Waals surface area contributed by atoms with Crippen LogP contribution in [0.1, 0.15) is 23.6 Å². The van der Waals surface area contributed by atoms with Gasteiger partial charge < -0.3 is 9.84 Å². The van der Waals surface area contributed by atoms with E-state index in [1.165, 1.54) is 7.11 Å². The summed E-state index contributed by atoms with van der Waals surface area (Å²) in [5.74, 6) is -1.44. The largest absolute Gasteiger partial charge is 0.478 e. The van der Waals surface area contributed by atoms with Gasteiger partial charge in [-0.3, -0.25) is 4.90 Å². The number of benzene rings is 1. The van der Waals surface area contributed by atoms with Crippen LogP contribution in [0.15, 0.2) is 29.8 Å². The number of piperidine rings is 1. The number of aliphatic carboxylic acids is 1. The SMILES string of the molecule is COC(=O)C(c1ccc(C)cc1Cl)N1CCC(S)/C(=C\C(=O)O)C1. The average molecular weight is 370 g/mol. The third kappa shape index (κ3) is 4.32. The van der Waals surface area contributed by atoms with E-state index in [0.29, 0.717) is 35.7 Å². The van der Waals surface area contributed by atoms with E-state index in [1.807, 2.05) is 24.0 Å². The minimum Gasteiger partial charge on any atom is -0.478 e. The van der Waals surface area contributed by atoms with Crippen LogP contribution in [0.2, 0.25) is 5.02 Å². The number of ether oxygens (including phenoxy) is 1. The number of hydrogen-bond donors (Lipinski definition) is 2. The van der Waals surface area contributed by atoms with Crippen molar-refractivity contribution in [1.29, 1.82) is 0 Å². The fraction of sp³-hybridized carbons (Fsp3) is 0.412. The number of methoxy groups -OCH3 is 1. The third-order valence-electron chi connectivity index (χ3n) is 4.05. The summed E-state index contributed by atoms with van der Waals surface area (Å²) in [5, 5.41) is 9.37. The van der Waals surface area contributed by atoms with E-state index >= 15 is 0 Å². The Kier molecular flexibility index (Phi) is 6.32. The molecule has 0 spiro atoms. The number of rotatable bonds is 4. The number of aryl methyl sites for hydroxylation is 1. The van der Waals surface area contributed by atoms with Crippen LogP contribution in [0.3, 0.4) is 0 Å². The van der Waals surface area contributed by atoms with Gasteiger partial charge in [0.15, 0.2) is 0 Å². The lowest BCUT2D eigenvalue weighted by molar-refractivity contribution is -0.147. The highest BCUT2D eigenvalue weighted by atomic mass is 35.5. The third-order valence-corrected chi connectivity index (χ3v) is 4.97. The van der Waals surface area contributed by atoms with Crippen LogP contribution in [-0.4, -0.2) is 47.4 Å². The molecule has 1 heterocycles. The predicted octanol–water partition coefficient (Wildman–Crippen LogP) is 2.88. The molecule has 0 bridgehead atoms. The molecule has 130 valence electrons. The number of thiol groups is 1. The minimum absolute atomic E-state index is 0.135. The van der Waals surface area contributed by atoms with Crippen molar-refractivity contribution >= 4 is 36.2 Å². The van der Waals surface area contributed by atoms with Crippen molar-refractivity contribution in [3.8, 4) is 0 Å². The number of halogens is 1. The van der Waals surface area contributed by atoms with E-state index in [1.54, 1.807) is 6.07 Å². The monoisotopic (exact) mass is 369 g/mol. The van der Waals surface area contributed by atoms with Gasteiger partial charge in [0.05, 0.1) is 7.11 Å². The summed E-state index contributed by atoms with van der Waals surface area (Å²) in [7, 11) is 1.33. The molecular formula is C17H20ClNO4S. The van der Waals surface area contributed by atoms with Crippen LogP contribution in [-0.2, 0) is 14.3 Å². The summed E-state index contributed by atoms with van der Waals surface area (Å²) in [4.78, 5) is 25.3. The molecule has 0 saturated carbocycles. The lowest BCUT2D eigenvalue weighted by Crippen LogP contribution is -2.42. The van der Waals surface area contributed by atoms with Gasteiger partial charge in [0, 0.05) is 29.4 Å². The van der Waals surface area contributed by atoms with Gasteiger partial charge in [-0.05, 0) is 36.1 Å². The van der Waals surface area contributed by atoms with E-state index in [-0.39, 0.29) is 5.25 Å². The van der Waals surface area contributed by atoms with Crippen LogP contribution in [0.4, 0.5) is 0 Å². The van der Waals surface area contributed by atoms with Gasteiger partial charge in [-0.2, -0.15) is 12.6 Å². The zero-order valence-corrected chi connectivity index (χ0v) is 15.2. The number of hydrogen-bond acceptors (Lipinski definition) is 5. The first kappa shape index (κ1) is 18.8. The van der Waals surface area contributed by atoms with Gasteiger partial charge in [0.2, 0.25) is 0 Å². The van der Waals surface area contributed by atoms with Crippen molar-refractivity contribution in [2.24, 2.45) is 0 Å². The van der Waals surface area contributed by atoms with Gasteiger partial charge >= 0.3 is 11.9 Å². The highest BCUT2D eigenvalue weighted by molar-refractivity contribution is 7.81. The number of nitrogens with zero attached hydrogens (tertiary/aromatic N) is 1. The molecule has 1 aliphatic rings. The lowest BCUT2D eigenvalue weighted by Gasteiger charge is -2.36. The Hall–Kier alpha value is -1.50. The molecule has 0 amide bonds. The topological polar surface area (TPSA) is 66.8 Å². The molecule has 7 heteroatoms. The minimum atomic E-state index is -1.02. The normalized spacial score (nSPS) is 21.5. The van der Waals surface area contributed by atoms with Crippen molar-refractivity contribution in [3.05, 3.63) is 46.0 Å². The van der Waals surface area contributed by atoms with Gasteiger partial charge in [0.25, 0.3) is 0 Å². The Morgan fingerprint density at radius 1 is 1.50 bits per heavy atom. The number of carboxylic acids is 1. The smallest absolute Gasteiger partial charge is 0.328 e. The molecule has 0 aromatic heterocycles. The number of carboxylic acid groups (broad SMARTS) is 1. The molecule has 2 atom stereocenters. The van der Waals surface area contributed by atoms with Crippen LogP contribution >= 0.6 is 24.2 Å². The van der Waals surface area contributed by atoms with Gasteiger partial charge in [-0.15, -0.1) is 0 Å². The molecule has 1 aromatic carbocycles. The summed E-state index contributed by atoms with van der Waals surface area (Å²) in [5.41, 5.74) is 2.31. The molecule has 1 saturated heterocycles. The van der Waals surface area contributed by atoms with Crippen molar-refractivity contribution in [3.63, 3.8) is 0 Å². The molecule has 1 aromatic rings. The Bertz CT molecular complexity index is 677. The van der Waals surface area contributed by atoms with E-state index < -0.39 is 18.0 Å². The molecule has 1 N–H and O–H groups in total. The number of carbonyl (C=O) groups is 2. The first-order chi connectivity index (χ1) is 11.3. The second kappa shape index (κ2) is 8.05. The predicted molar refractivity (Wildman–Crippen MR) is 95.6 cm³/mol. The lowest BCUT2D eigenvalue weighted by atomic mass is 9.97. The van der Waals surface area contributed by atoms with Gasteiger partial charge in [-0.1, -0.05) is 23.7 Å². The van der Waals surface area contributed by atoms with Crippen molar-refractivity contribution in [2.75, 3.05) is 20.2 Å². The zero-order chi connectivity index (χ0) is 17.9. The molecular weight excluding hydrogens is 350 g/mol. The average Bonchev–Trinajstić information content (AvgIpc) is 2.51. The van der Waals surface area contributed by atoms with E-state index in [9.17, 15) is 9.59 Å². The fourth-order valence-electron chi connectivity index (χ4n) is 2.85. The molecule has 0 aliphatic carbocycles. The van der Waals surface area contributed by atoms with E-state index in [2.05, 4.69) is 12.6 Å². The molecule has 5 nitrogen and oxygen atoms in total. The zero-order valence-electron chi connectivity index (χ0n) is 13.5.